The Hall–Kier alpha value is -0.950. The third kappa shape index (κ3) is 2.79. The van der Waals surface area contributed by atoms with Crippen LogP contribution in [0, 0.1) is 0 Å². The van der Waals surface area contributed by atoms with Gasteiger partial charge in [-0.1, -0.05) is 0 Å². The van der Waals surface area contributed by atoms with Crippen molar-refractivity contribution in [3.05, 3.63) is 29.6 Å². The fraction of sp³-hybridized carbons (Fsp3) is 0.375. The number of hydrogen-bond acceptors (Lipinski definition) is 2. The molecular formula is C8H5ClF5NO. The molecule has 0 aliphatic carbocycles. The molecule has 0 aliphatic heterocycles. The summed E-state index contributed by atoms with van der Waals surface area (Å²) < 4.78 is 62.1. The number of aromatic nitrogens is 1. The van der Waals surface area contributed by atoms with Gasteiger partial charge in [-0.3, -0.25) is 4.98 Å². The monoisotopic (exact) mass is 261 g/mol. The molecule has 0 saturated heterocycles. The topological polar surface area (TPSA) is 33.1 Å². The SMILES string of the molecule is OC(c1cnccc1C(F)(F)F)C(F)(F)Cl. The summed E-state index contributed by atoms with van der Waals surface area (Å²) in [7, 11) is 0. The normalized spacial score (nSPS) is 14.9. The van der Waals surface area contributed by atoms with Crippen molar-refractivity contribution < 1.29 is 27.1 Å². The Morgan fingerprint density at radius 1 is 1.25 bits per heavy atom. The van der Waals surface area contributed by atoms with Crippen LogP contribution in [0.15, 0.2) is 18.5 Å². The van der Waals surface area contributed by atoms with Gasteiger partial charge in [-0.15, -0.1) is 0 Å². The van der Waals surface area contributed by atoms with Crippen molar-refractivity contribution in [2.45, 2.75) is 17.7 Å². The maximum atomic E-state index is 12.5. The van der Waals surface area contributed by atoms with Gasteiger partial charge in [-0.05, 0) is 17.7 Å². The van der Waals surface area contributed by atoms with Gasteiger partial charge in [0.15, 0.2) is 6.10 Å². The van der Waals surface area contributed by atoms with E-state index >= 15 is 0 Å². The van der Waals surface area contributed by atoms with Crippen molar-refractivity contribution in [2.75, 3.05) is 0 Å². The summed E-state index contributed by atoms with van der Waals surface area (Å²) in [5, 5.41) is 4.79. The van der Waals surface area contributed by atoms with Crippen LogP contribution in [-0.2, 0) is 6.18 Å². The highest BCUT2D eigenvalue weighted by molar-refractivity contribution is 6.22. The molecular weight excluding hydrogens is 257 g/mol. The van der Waals surface area contributed by atoms with Gasteiger partial charge >= 0.3 is 11.6 Å². The number of nitrogens with zero attached hydrogens (tertiary/aromatic N) is 1. The lowest BCUT2D eigenvalue weighted by Gasteiger charge is -2.19. The van der Waals surface area contributed by atoms with Crippen molar-refractivity contribution in [2.24, 2.45) is 0 Å². The molecule has 2 nitrogen and oxygen atoms in total. The highest BCUT2D eigenvalue weighted by atomic mass is 35.5. The first-order valence-electron chi connectivity index (χ1n) is 3.90. The molecule has 0 aliphatic rings. The van der Waals surface area contributed by atoms with E-state index in [1.165, 1.54) is 0 Å². The van der Waals surface area contributed by atoms with Crippen LogP contribution in [0.5, 0.6) is 0 Å². The Balaban J connectivity index is 3.25. The Morgan fingerprint density at radius 2 is 1.81 bits per heavy atom. The van der Waals surface area contributed by atoms with E-state index in [1.807, 2.05) is 0 Å². The first-order chi connectivity index (χ1) is 7.14. The Morgan fingerprint density at radius 3 is 2.25 bits per heavy atom. The molecule has 16 heavy (non-hydrogen) atoms. The zero-order valence-electron chi connectivity index (χ0n) is 7.47. The summed E-state index contributed by atoms with van der Waals surface area (Å²) in [6.45, 7) is 0. The summed E-state index contributed by atoms with van der Waals surface area (Å²) >= 11 is 4.46. The Bertz CT molecular complexity index is 375. The van der Waals surface area contributed by atoms with E-state index in [0.717, 1.165) is 6.20 Å². The lowest BCUT2D eigenvalue weighted by molar-refractivity contribution is -0.141. The maximum absolute atomic E-state index is 12.5. The predicted octanol–water partition coefficient (Wildman–Crippen LogP) is 2.97. The van der Waals surface area contributed by atoms with E-state index in [-0.39, 0.29) is 0 Å². The van der Waals surface area contributed by atoms with E-state index in [0.29, 0.717) is 12.3 Å². The smallest absolute Gasteiger partial charge is 0.381 e. The third-order valence-corrected chi connectivity index (χ3v) is 1.97. The first-order valence-corrected chi connectivity index (χ1v) is 4.27. The number of halogens is 6. The molecule has 0 amide bonds. The summed E-state index contributed by atoms with van der Waals surface area (Å²) in [6, 6.07) is 0.487. The summed E-state index contributed by atoms with van der Waals surface area (Å²) in [5.74, 6) is 0. The molecule has 0 radical (unpaired) electrons. The van der Waals surface area contributed by atoms with E-state index < -0.39 is 28.8 Å². The zero-order chi connectivity index (χ0) is 12.6. The fourth-order valence-electron chi connectivity index (χ4n) is 1.06. The molecule has 1 atom stereocenters. The molecule has 0 fully saturated rings. The Labute approximate surface area is 91.7 Å². The van der Waals surface area contributed by atoms with Crippen LogP contribution >= 0.6 is 11.6 Å². The minimum absolute atomic E-state index is 0.487. The second-order valence-electron chi connectivity index (χ2n) is 2.90. The quantitative estimate of drug-likeness (QED) is 0.656. The fourth-order valence-corrected chi connectivity index (χ4v) is 1.18. The molecule has 1 N–H and O–H groups in total. The van der Waals surface area contributed by atoms with E-state index in [1.54, 1.807) is 0 Å². The minimum atomic E-state index is -4.86. The van der Waals surface area contributed by atoms with Crippen molar-refractivity contribution in [1.29, 1.82) is 0 Å². The van der Waals surface area contributed by atoms with Crippen molar-refractivity contribution in [1.82, 2.24) is 4.98 Å². The first kappa shape index (κ1) is 13.1. The van der Waals surface area contributed by atoms with Gasteiger partial charge in [0.1, 0.15) is 0 Å². The van der Waals surface area contributed by atoms with Gasteiger partial charge < -0.3 is 5.11 Å². The molecule has 1 unspecified atom stereocenters. The van der Waals surface area contributed by atoms with Crippen LogP contribution in [-0.4, -0.2) is 15.5 Å². The highest BCUT2D eigenvalue weighted by Gasteiger charge is 2.43. The molecule has 0 aromatic carbocycles. The molecule has 0 bridgehead atoms. The maximum Gasteiger partial charge on any atom is 0.416 e. The molecule has 1 aromatic rings. The number of aliphatic hydroxyl groups is 1. The standard InChI is InChI=1S/C8H5ClF5NO/c9-7(10,11)6(16)4-3-15-2-1-5(4)8(12,13)14/h1-3,6,16H. The third-order valence-electron chi connectivity index (χ3n) is 1.76. The highest BCUT2D eigenvalue weighted by Crippen LogP contribution is 2.40. The van der Waals surface area contributed by atoms with Crippen LogP contribution in [0.1, 0.15) is 17.2 Å². The van der Waals surface area contributed by atoms with Gasteiger partial charge in [0.05, 0.1) is 5.56 Å². The largest absolute Gasteiger partial charge is 0.416 e. The van der Waals surface area contributed by atoms with Gasteiger partial charge in [-0.25, -0.2) is 0 Å². The second-order valence-corrected chi connectivity index (χ2v) is 3.41. The average molecular weight is 262 g/mol. The minimum Gasteiger partial charge on any atom is -0.381 e. The lowest BCUT2D eigenvalue weighted by Crippen LogP contribution is -2.23. The summed E-state index contributed by atoms with van der Waals surface area (Å²) in [5.41, 5.74) is -2.45. The Kier molecular flexibility index (Phi) is 3.39. The van der Waals surface area contributed by atoms with E-state index in [2.05, 4.69) is 16.6 Å². The van der Waals surface area contributed by atoms with Gasteiger partial charge in [0.25, 0.3) is 0 Å². The summed E-state index contributed by atoms with van der Waals surface area (Å²) in [6.07, 6.45) is -6.34. The van der Waals surface area contributed by atoms with Gasteiger partial charge in [0.2, 0.25) is 0 Å². The number of alkyl halides is 6. The molecule has 0 spiro atoms. The van der Waals surface area contributed by atoms with E-state index in [9.17, 15) is 22.0 Å². The number of aliphatic hydroxyl groups excluding tert-OH is 1. The summed E-state index contributed by atoms with van der Waals surface area (Å²) in [4.78, 5) is 3.24. The molecule has 1 heterocycles. The lowest BCUT2D eigenvalue weighted by atomic mass is 10.1. The van der Waals surface area contributed by atoms with Crippen LogP contribution in [0.4, 0.5) is 22.0 Å². The van der Waals surface area contributed by atoms with Crippen LogP contribution in [0.25, 0.3) is 0 Å². The average Bonchev–Trinajstić information content (AvgIpc) is 2.14. The number of rotatable bonds is 2. The molecule has 1 aromatic heterocycles. The molecule has 90 valence electrons. The molecule has 1 rings (SSSR count). The van der Waals surface area contributed by atoms with Gasteiger partial charge in [-0.2, -0.15) is 22.0 Å². The van der Waals surface area contributed by atoms with Crippen LogP contribution < -0.4 is 0 Å². The predicted molar refractivity (Wildman–Crippen MR) is 45.0 cm³/mol. The zero-order valence-corrected chi connectivity index (χ0v) is 8.23. The van der Waals surface area contributed by atoms with Crippen molar-refractivity contribution in [3.63, 3.8) is 0 Å². The van der Waals surface area contributed by atoms with E-state index in [4.69, 9.17) is 5.11 Å². The molecule has 8 heteroatoms. The van der Waals surface area contributed by atoms with Crippen LogP contribution in [0.2, 0.25) is 0 Å². The molecule has 0 saturated carbocycles. The number of hydrogen-bond donors (Lipinski definition) is 1. The van der Waals surface area contributed by atoms with Crippen molar-refractivity contribution in [3.8, 4) is 0 Å². The van der Waals surface area contributed by atoms with Crippen molar-refractivity contribution >= 4 is 11.6 Å². The van der Waals surface area contributed by atoms with Crippen LogP contribution in [0.3, 0.4) is 0 Å². The second kappa shape index (κ2) is 4.14. The van der Waals surface area contributed by atoms with Gasteiger partial charge in [0, 0.05) is 18.0 Å². The number of pyridine rings is 1.